The Balaban J connectivity index is 1.46. The van der Waals surface area contributed by atoms with Crippen molar-refractivity contribution in [3.05, 3.63) is 77.4 Å². The summed E-state index contributed by atoms with van der Waals surface area (Å²) in [6, 6.07) is 17.8. The molecule has 0 unspecified atom stereocenters. The highest BCUT2D eigenvalue weighted by molar-refractivity contribution is 7.92. The number of anilines is 2. The van der Waals surface area contributed by atoms with E-state index in [4.69, 9.17) is 9.72 Å². The SMILES string of the molecule is COc1ccc(C)c2sc(N(CCCN(C)C)C(=O)c3ccc(S(=O)(=O)N4CCCc5ccccc54)cc3)nc12. The van der Waals surface area contributed by atoms with E-state index < -0.39 is 10.0 Å². The van der Waals surface area contributed by atoms with Crippen LogP contribution in [0.5, 0.6) is 5.75 Å². The molecule has 1 aliphatic rings. The minimum atomic E-state index is -3.77. The number of amides is 1. The van der Waals surface area contributed by atoms with Crippen LogP contribution in [0.1, 0.15) is 34.3 Å². The molecule has 40 heavy (non-hydrogen) atoms. The zero-order chi connectivity index (χ0) is 28.4. The predicted octanol–water partition coefficient (Wildman–Crippen LogP) is 5.35. The third kappa shape index (κ3) is 5.43. The Bertz CT molecular complexity index is 1630. The molecule has 0 bridgehead atoms. The first-order valence-electron chi connectivity index (χ1n) is 13.3. The number of sulfonamides is 1. The predicted molar refractivity (Wildman–Crippen MR) is 161 cm³/mol. The first-order valence-corrected chi connectivity index (χ1v) is 15.6. The highest BCUT2D eigenvalue weighted by atomic mass is 32.2. The molecule has 0 aliphatic carbocycles. The molecule has 1 aromatic heterocycles. The van der Waals surface area contributed by atoms with Crippen LogP contribution < -0.4 is 13.9 Å². The van der Waals surface area contributed by atoms with Gasteiger partial charge in [0.2, 0.25) is 0 Å². The summed E-state index contributed by atoms with van der Waals surface area (Å²) in [6.45, 7) is 3.73. The maximum atomic E-state index is 13.9. The van der Waals surface area contributed by atoms with Crippen molar-refractivity contribution in [1.82, 2.24) is 9.88 Å². The van der Waals surface area contributed by atoms with E-state index >= 15 is 0 Å². The van der Waals surface area contributed by atoms with Crippen LogP contribution in [-0.4, -0.2) is 65.0 Å². The number of benzene rings is 3. The number of ether oxygens (including phenoxy) is 1. The van der Waals surface area contributed by atoms with E-state index in [2.05, 4.69) is 4.90 Å². The Morgan fingerprint density at radius 1 is 1.05 bits per heavy atom. The van der Waals surface area contributed by atoms with E-state index in [1.54, 1.807) is 24.1 Å². The molecule has 5 rings (SSSR count). The van der Waals surface area contributed by atoms with Crippen LogP contribution >= 0.6 is 11.3 Å². The molecule has 3 aromatic carbocycles. The van der Waals surface area contributed by atoms with Gasteiger partial charge in [0.25, 0.3) is 15.9 Å². The summed E-state index contributed by atoms with van der Waals surface area (Å²) in [5.41, 5.74) is 3.96. The van der Waals surface area contributed by atoms with E-state index in [0.717, 1.165) is 52.8 Å². The van der Waals surface area contributed by atoms with E-state index in [-0.39, 0.29) is 10.8 Å². The lowest BCUT2D eigenvalue weighted by molar-refractivity contribution is 0.0986. The number of rotatable bonds is 9. The van der Waals surface area contributed by atoms with E-state index in [9.17, 15) is 13.2 Å². The number of aryl methyl sites for hydroxylation is 2. The number of methoxy groups -OCH3 is 1. The molecule has 4 aromatic rings. The number of hydrogen-bond acceptors (Lipinski definition) is 7. The summed E-state index contributed by atoms with van der Waals surface area (Å²) in [4.78, 5) is 22.6. The van der Waals surface area contributed by atoms with Crippen LogP contribution in [0.4, 0.5) is 10.8 Å². The van der Waals surface area contributed by atoms with Gasteiger partial charge in [0.1, 0.15) is 11.3 Å². The van der Waals surface area contributed by atoms with Gasteiger partial charge in [-0.25, -0.2) is 13.4 Å². The maximum Gasteiger partial charge on any atom is 0.264 e. The lowest BCUT2D eigenvalue weighted by atomic mass is 10.0. The Morgan fingerprint density at radius 3 is 2.52 bits per heavy atom. The lowest BCUT2D eigenvalue weighted by Gasteiger charge is -2.30. The number of thiazole rings is 1. The minimum Gasteiger partial charge on any atom is -0.494 e. The Kier molecular flexibility index (Phi) is 8.11. The van der Waals surface area contributed by atoms with Gasteiger partial charge in [-0.3, -0.25) is 14.0 Å². The van der Waals surface area contributed by atoms with Crippen LogP contribution in [0.25, 0.3) is 10.2 Å². The summed E-state index contributed by atoms with van der Waals surface area (Å²) in [5, 5.41) is 0.591. The molecule has 0 saturated heterocycles. The molecule has 0 saturated carbocycles. The van der Waals surface area contributed by atoms with Crippen molar-refractivity contribution in [3.8, 4) is 5.75 Å². The Hall–Kier alpha value is -3.47. The van der Waals surface area contributed by atoms with Gasteiger partial charge in [0.15, 0.2) is 5.13 Å². The van der Waals surface area contributed by atoms with Gasteiger partial charge in [-0.1, -0.05) is 35.6 Å². The molecule has 1 amide bonds. The van der Waals surface area contributed by atoms with Crippen LogP contribution in [0.3, 0.4) is 0 Å². The van der Waals surface area contributed by atoms with E-state index in [1.807, 2.05) is 57.4 Å². The maximum absolute atomic E-state index is 13.9. The molecule has 0 atom stereocenters. The number of fused-ring (bicyclic) bond motifs is 2. The number of carbonyl (C=O) groups excluding carboxylic acids is 1. The molecule has 10 heteroatoms. The topological polar surface area (TPSA) is 83.0 Å². The van der Waals surface area contributed by atoms with Gasteiger partial charge in [-0.15, -0.1) is 0 Å². The summed E-state index contributed by atoms with van der Waals surface area (Å²) in [7, 11) is 1.84. The Morgan fingerprint density at radius 2 is 1.80 bits per heavy atom. The first kappa shape index (κ1) is 28.1. The fourth-order valence-corrected chi connectivity index (χ4v) is 7.63. The first-order chi connectivity index (χ1) is 19.2. The second-order valence-electron chi connectivity index (χ2n) is 10.2. The summed E-state index contributed by atoms with van der Waals surface area (Å²) in [5.74, 6) is 0.444. The van der Waals surface area contributed by atoms with Crippen molar-refractivity contribution in [2.24, 2.45) is 0 Å². The van der Waals surface area contributed by atoms with Gasteiger partial charge in [0, 0.05) is 18.7 Å². The Labute approximate surface area is 239 Å². The van der Waals surface area contributed by atoms with Crippen molar-refractivity contribution >= 4 is 48.3 Å². The molecular formula is C30H34N4O4S2. The van der Waals surface area contributed by atoms with Gasteiger partial charge < -0.3 is 9.64 Å². The molecule has 0 fully saturated rings. The number of para-hydroxylation sites is 1. The third-order valence-corrected chi connectivity index (χ3v) is 10.2. The normalized spacial score (nSPS) is 13.5. The highest BCUT2D eigenvalue weighted by Gasteiger charge is 2.29. The van der Waals surface area contributed by atoms with Crippen molar-refractivity contribution in [1.29, 1.82) is 0 Å². The van der Waals surface area contributed by atoms with Crippen LogP contribution in [-0.2, 0) is 16.4 Å². The van der Waals surface area contributed by atoms with Crippen molar-refractivity contribution in [2.75, 3.05) is 50.0 Å². The summed E-state index contributed by atoms with van der Waals surface area (Å²) < 4.78 is 35.2. The largest absolute Gasteiger partial charge is 0.494 e. The lowest BCUT2D eigenvalue weighted by Crippen LogP contribution is -2.35. The smallest absolute Gasteiger partial charge is 0.264 e. The second kappa shape index (κ2) is 11.6. The zero-order valence-corrected chi connectivity index (χ0v) is 24.9. The zero-order valence-electron chi connectivity index (χ0n) is 23.3. The van der Waals surface area contributed by atoms with Crippen LogP contribution in [0.15, 0.2) is 65.6 Å². The molecule has 8 nitrogen and oxygen atoms in total. The number of hydrogen-bond donors (Lipinski definition) is 0. The van der Waals surface area contributed by atoms with E-state index in [0.29, 0.717) is 29.5 Å². The summed E-state index contributed by atoms with van der Waals surface area (Å²) >= 11 is 1.46. The standard InChI is InChI=1S/C30H34N4O4S2/c1-21-12-17-26(38-4)27-28(21)39-30(31-27)33(19-8-18-32(2)3)29(35)23-13-15-24(16-14-23)40(36,37)34-20-7-10-22-9-5-6-11-25(22)34/h5-6,9,11-17H,7-8,10,18-20H2,1-4H3. The highest BCUT2D eigenvalue weighted by Crippen LogP contribution is 2.37. The average Bonchev–Trinajstić information content (AvgIpc) is 3.41. The third-order valence-electron chi connectivity index (χ3n) is 7.13. The minimum absolute atomic E-state index is 0.167. The number of nitrogens with zero attached hydrogens (tertiary/aromatic N) is 4. The van der Waals surface area contributed by atoms with Crippen molar-refractivity contribution < 1.29 is 17.9 Å². The van der Waals surface area contributed by atoms with Gasteiger partial charge in [-0.05, 0) is 94.4 Å². The summed E-state index contributed by atoms with van der Waals surface area (Å²) in [6.07, 6.45) is 2.38. The molecule has 2 heterocycles. The van der Waals surface area contributed by atoms with Crippen molar-refractivity contribution in [3.63, 3.8) is 0 Å². The molecular weight excluding hydrogens is 544 g/mol. The molecule has 0 N–H and O–H groups in total. The second-order valence-corrected chi connectivity index (χ2v) is 13.0. The fraction of sp³-hybridized carbons (Fsp3) is 0.333. The molecule has 0 spiro atoms. The fourth-order valence-electron chi connectivity index (χ4n) is 5.01. The number of carbonyl (C=O) groups is 1. The van der Waals surface area contributed by atoms with Gasteiger partial charge >= 0.3 is 0 Å². The van der Waals surface area contributed by atoms with E-state index in [1.165, 1.54) is 27.8 Å². The van der Waals surface area contributed by atoms with Crippen LogP contribution in [0, 0.1) is 6.92 Å². The van der Waals surface area contributed by atoms with Gasteiger partial charge in [-0.2, -0.15) is 0 Å². The monoisotopic (exact) mass is 578 g/mol. The molecule has 0 radical (unpaired) electrons. The van der Waals surface area contributed by atoms with Crippen molar-refractivity contribution in [2.45, 2.75) is 31.1 Å². The molecule has 210 valence electrons. The average molecular weight is 579 g/mol. The van der Waals surface area contributed by atoms with Crippen LogP contribution in [0.2, 0.25) is 0 Å². The quantitative estimate of drug-likeness (QED) is 0.266. The van der Waals surface area contributed by atoms with Gasteiger partial charge in [0.05, 0.1) is 22.4 Å². The number of aromatic nitrogens is 1. The molecule has 1 aliphatic heterocycles.